The second kappa shape index (κ2) is 6.51. The van der Waals surface area contributed by atoms with Gasteiger partial charge in [-0.25, -0.2) is 0 Å². The van der Waals surface area contributed by atoms with Crippen LogP contribution in [0.4, 0.5) is 0 Å². The summed E-state index contributed by atoms with van der Waals surface area (Å²) in [5, 5.41) is 10.2. The third-order valence-corrected chi connectivity index (χ3v) is 4.73. The smallest absolute Gasteiger partial charge is 0.269 e. The van der Waals surface area contributed by atoms with Crippen LogP contribution in [0.3, 0.4) is 0 Å². The Hall–Kier alpha value is -2.56. The number of allylic oxidation sites excluding steroid dienone is 1. The van der Waals surface area contributed by atoms with Crippen LogP contribution in [0.15, 0.2) is 35.9 Å². The number of hydrogen-bond donors (Lipinski definition) is 2. The number of fused-ring (bicyclic) bond motifs is 3. The lowest BCUT2D eigenvalue weighted by Gasteiger charge is -2.17. The average molecular weight is 323 g/mol. The number of benzene rings is 1. The average Bonchev–Trinajstić information content (AvgIpc) is 3.07. The van der Waals surface area contributed by atoms with E-state index in [1.807, 2.05) is 24.3 Å². The first kappa shape index (κ1) is 15.0. The molecule has 0 fully saturated rings. The molecule has 24 heavy (non-hydrogen) atoms. The number of para-hydroxylation sites is 1. The Kier molecular flexibility index (Phi) is 4.07. The number of rotatable bonds is 4. The van der Waals surface area contributed by atoms with E-state index in [2.05, 4.69) is 21.6 Å². The summed E-state index contributed by atoms with van der Waals surface area (Å²) in [7, 11) is 0. The van der Waals surface area contributed by atoms with E-state index in [4.69, 9.17) is 4.74 Å². The van der Waals surface area contributed by atoms with Gasteiger partial charge in [-0.2, -0.15) is 5.10 Å². The van der Waals surface area contributed by atoms with Gasteiger partial charge in [-0.3, -0.25) is 9.89 Å². The minimum atomic E-state index is -0.108. The summed E-state index contributed by atoms with van der Waals surface area (Å²) in [4.78, 5) is 12.5. The maximum absolute atomic E-state index is 12.5. The molecule has 2 N–H and O–H groups in total. The van der Waals surface area contributed by atoms with E-state index in [-0.39, 0.29) is 5.91 Å². The molecule has 4 rings (SSSR count). The summed E-state index contributed by atoms with van der Waals surface area (Å²) in [5.74, 6) is 0.704. The number of nitrogens with zero attached hydrogens (tertiary/aromatic N) is 1. The molecule has 1 aliphatic heterocycles. The zero-order chi connectivity index (χ0) is 16.4. The lowest BCUT2D eigenvalue weighted by Crippen LogP contribution is -2.26. The van der Waals surface area contributed by atoms with Crippen molar-refractivity contribution < 1.29 is 9.53 Å². The number of aromatic nitrogens is 2. The van der Waals surface area contributed by atoms with Gasteiger partial charge in [0.1, 0.15) is 23.7 Å². The largest absolute Gasteiger partial charge is 0.488 e. The van der Waals surface area contributed by atoms with Crippen LogP contribution in [0, 0.1) is 0 Å². The molecule has 0 radical (unpaired) electrons. The highest BCUT2D eigenvalue weighted by Crippen LogP contribution is 2.36. The highest BCUT2D eigenvalue weighted by atomic mass is 16.5. The number of carbonyl (C=O) groups excluding carboxylic acids is 1. The van der Waals surface area contributed by atoms with Crippen molar-refractivity contribution in [2.45, 2.75) is 38.7 Å². The quantitative estimate of drug-likeness (QED) is 0.845. The molecule has 2 heterocycles. The van der Waals surface area contributed by atoms with E-state index in [9.17, 15) is 4.79 Å². The fourth-order valence-electron chi connectivity index (χ4n) is 3.41. The Labute approximate surface area is 141 Å². The monoisotopic (exact) mass is 323 g/mol. The number of carbonyl (C=O) groups is 1. The highest BCUT2D eigenvalue weighted by molar-refractivity contribution is 5.96. The summed E-state index contributed by atoms with van der Waals surface area (Å²) in [5.41, 5.74) is 4.56. The Bertz CT molecular complexity index is 792. The fourth-order valence-corrected chi connectivity index (χ4v) is 3.41. The fraction of sp³-hybridized carbons (Fsp3) is 0.368. The van der Waals surface area contributed by atoms with Gasteiger partial charge in [0.2, 0.25) is 0 Å². The predicted octanol–water partition coefficient (Wildman–Crippen LogP) is 3.59. The van der Waals surface area contributed by atoms with Crippen LogP contribution < -0.4 is 10.1 Å². The molecule has 1 aromatic carbocycles. The van der Waals surface area contributed by atoms with Gasteiger partial charge in [0.25, 0.3) is 5.91 Å². The van der Waals surface area contributed by atoms with Crippen LogP contribution in [-0.2, 0) is 6.61 Å². The second-order valence-corrected chi connectivity index (χ2v) is 6.32. The van der Waals surface area contributed by atoms with Gasteiger partial charge in [0, 0.05) is 17.7 Å². The number of ether oxygens (including phenoxy) is 1. The SMILES string of the molecule is O=C(NCCC1=CCCCC1)c1[nH]nc2c1COc1ccccc1-2. The van der Waals surface area contributed by atoms with Crippen LogP contribution >= 0.6 is 0 Å². The molecule has 0 spiro atoms. The molecule has 0 saturated carbocycles. The normalized spacial score (nSPS) is 15.8. The van der Waals surface area contributed by atoms with Gasteiger partial charge < -0.3 is 10.1 Å². The zero-order valence-corrected chi connectivity index (χ0v) is 13.6. The molecule has 1 aromatic heterocycles. The van der Waals surface area contributed by atoms with Crippen molar-refractivity contribution in [1.82, 2.24) is 15.5 Å². The number of amides is 1. The van der Waals surface area contributed by atoms with Crippen molar-refractivity contribution in [3.8, 4) is 17.0 Å². The molecular weight excluding hydrogens is 302 g/mol. The summed E-state index contributed by atoms with van der Waals surface area (Å²) in [6.07, 6.45) is 8.15. The molecule has 0 bridgehead atoms. The number of hydrogen-bond acceptors (Lipinski definition) is 3. The van der Waals surface area contributed by atoms with Gasteiger partial charge in [-0.1, -0.05) is 23.8 Å². The Morgan fingerprint density at radius 3 is 3.08 bits per heavy atom. The minimum Gasteiger partial charge on any atom is -0.488 e. The predicted molar refractivity (Wildman–Crippen MR) is 91.9 cm³/mol. The van der Waals surface area contributed by atoms with Crippen molar-refractivity contribution in [2.75, 3.05) is 6.54 Å². The van der Waals surface area contributed by atoms with Crippen molar-refractivity contribution in [1.29, 1.82) is 0 Å². The lowest BCUT2D eigenvalue weighted by atomic mass is 9.97. The topological polar surface area (TPSA) is 67.0 Å². The van der Waals surface area contributed by atoms with E-state index in [1.54, 1.807) is 0 Å². The van der Waals surface area contributed by atoms with Gasteiger partial charge in [-0.15, -0.1) is 0 Å². The highest BCUT2D eigenvalue weighted by Gasteiger charge is 2.25. The zero-order valence-electron chi connectivity index (χ0n) is 13.6. The summed E-state index contributed by atoms with van der Waals surface area (Å²) in [6.45, 7) is 1.03. The van der Waals surface area contributed by atoms with Crippen molar-refractivity contribution in [3.63, 3.8) is 0 Å². The Morgan fingerprint density at radius 2 is 2.21 bits per heavy atom. The maximum Gasteiger partial charge on any atom is 0.269 e. The first-order valence-electron chi connectivity index (χ1n) is 8.58. The van der Waals surface area contributed by atoms with E-state index < -0.39 is 0 Å². The third-order valence-electron chi connectivity index (χ3n) is 4.73. The Morgan fingerprint density at radius 1 is 1.29 bits per heavy atom. The van der Waals surface area contributed by atoms with Crippen molar-refractivity contribution >= 4 is 5.91 Å². The molecule has 124 valence electrons. The minimum absolute atomic E-state index is 0.108. The molecule has 2 aromatic rings. The van der Waals surface area contributed by atoms with Gasteiger partial charge in [-0.05, 0) is 44.2 Å². The lowest BCUT2D eigenvalue weighted by molar-refractivity contribution is 0.0946. The van der Waals surface area contributed by atoms with Crippen LogP contribution in [0.2, 0.25) is 0 Å². The molecule has 0 saturated heterocycles. The van der Waals surface area contributed by atoms with Gasteiger partial charge in [0.05, 0.1) is 0 Å². The number of nitrogens with one attached hydrogen (secondary N) is 2. The molecular formula is C19H21N3O2. The molecule has 1 amide bonds. The van der Waals surface area contributed by atoms with Crippen LogP contribution in [0.1, 0.15) is 48.2 Å². The first-order chi connectivity index (χ1) is 11.8. The number of H-pyrrole nitrogens is 1. The van der Waals surface area contributed by atoms with Gasteiger partial charge in [0.15, 0.2) is 0 Å². The van der Waals surface area contributed by atoms with Crippen LogP contribution in [0.5, 0.6) is 5.75 Å². The molecule has 0 unspecified atom stereocenters. The summed E-state index contributed by atoms with van der Waals surface area (Å²) in [6, 6.07) is 7.77. The van der Waals surface area contributed by atoms with E-state index in [0.29, 0.717) is 18.8 Å². The third kappa shape index (κ3) is 2.82. The maximum atomic E-state index is 12.5. The van der Waals surface area contributed by atoms with E-state index >= 15 is 0 Å². The van der Waals surface area contributed by atoms with Gasteiger partial charge >= 0.3 is 0 Å². The molecule has 1 aliphatic carbocycles. The summed E-state index contributed by atoms with van der Waals surface area (Å²) < 4.78 is 5.75. The van der Waals surface area contributed by atoms with E-state index in [0.717, 1.165) is 29.0 Å². The van der Waals surface area contributed by atoms with Crippen LogP contribution in [-0.4, -0.2) is 22.6 Å². The second-order valence-electron chi connectivity index (χ2n) is 6.32. The van der Waals surface area contributed by atoms with Crippen molar-refractivity contribution in [3.05, 3.63) is 47.2 Å². The number of aromatic amines is 1. The van der Waals surface area contributed by atoms with E-state index in [1.165, 1.54) is 31.3 Å². The standard InChI is InChI=1S/C19H21N3O2/c23-19(20-11-10-13-6-2-1-3-7-13)18-15-12-24-16-9-5-4-8-14(16)17(15)21-22-18/h4-6,8-9H,1-3,7,10-12H2,(H,20,23)(H,21,22). The molecule has 5 nitrogen and oxygen atoms in total. The summed E-state index contributed by atoms with van der Waals surface area (Å²) >= 11 is 0. The molecule has 5 heteroatoms. The Balaban J connectivity index is 1.45. The molecule has 0 atom stereocenters. The van der Waals surface area contributed by atoms with Crippen LogP contribution in [0.25, 0.3) is 11.3 Å². The molecule has 2 aliphatic rings. The first-order valence-corrected chi connectivity index (χ1v) is 8.58. The van der Waals surface area contributed by atoms with Crippen molar-refractivity contribution in [2.24, 2.45) is 0 Å².